The summed E-state index contributed by atoms with van der Waals surface area (Å²) in [5.74, 6) is 0.769. The van der Waals surface area contributed by atoms with E-state index >= 15 is 0 Å². The molecule has 130 valence electrons. The fraction of sp³-hybridized carbons (Fsp3) is 0.400. The molecule has 0 aromatic heterocycles. The molecule has 0 aliphatic heterocycles. The normalized spacial score (nSPS) is 13.8. The van der Waals surface area contributed by atoms with Crippen molar-refractivity contribution in [1.82, 2.24) is 5.32 Å². The van der Waals surface area contributed by atoms with Gasteiger partial charge in [0.2, 0.25) is 0 Å². The minimum absolute atomic E-state index is 0.0336. The van der Waals surface area contributed by atoms with Crippen LogP contribution >= 0.6 is 0 Å². The number of ether oxygens (including phenoxy) is 1. The zero-order valence-corrected chi connectivity index (χ0v) is 14.6. The van der Waals surface area contributed by atoms with Crippen molar-refractivity contribution in [2.75, 3.05) is 6.54 Å². The van der Waals surface area contributed by atoms with Crippen molar-refractivity contribution in [3.05, 3.63) is 65.2 Å². The zero-order valence-electron chi connectivity index (χ0n) is 14.6. The maximum absolute atomic E-state index is 10.4. The first kappa shape index (κ1) is 18.5. The van der Waals surface area contributed by atoms with E-state index in [0.29, 0.717) is 6.54 Å². The Kier molecular flexibility index (Phi) is 6.79. The van der Waals surface area contributed by atoms with Crippen LogP contribution in [0.3, 0.4) is 0 Å². The van der Waals surface area contributed by atoms with Crippen LogP contribution in [0.2, 0.25) is 0 Å². The van der Waals surface area contributed by atoms with Gasteiger partial charge in [-0.05, 0) is 49.6 Å². The first-order valence-corrected chi connectivity index (χ1v) is 8.37. The van der Waals surface area contributed by atoms with E-state index < -0.39 is 6.10 Å². The van der Waals surface area contributed by atoms with Gasteiger partial charge in [0.05, 0.1) is 18.8 Å². The van der Waals surface area contributed by atoms with Crippen molar-refractivity contribution in [2.45, 2.75) is 45.6 Å². The lowest BCUT2D eigenvalue weighted by molar-refractivity contribution is 0.169. The van der Waals surface area contributed by atoms with Crippen LogP contribution in [-0.2, 0) is 6.61 Å². The Morgan fingerprint density at radius 3 is 2.42 bits per heavy atom. The van der Waals surface area contributed by atoms with Gasteiger partial charge in [-0.3, -0.25) is 0 Å². The minimum Gasteiger partial charge on any atom is -0.491 e. The highest BCUT2D eigenvalue weighted by Crippen LogP contribution is 2.21. The van der Waals surface area contributed by atoms with Gasteiger partial charge in [-0.2, -0.15) is 0 Å². The average molecular weight is 329 g/mol. The van der Waals surface area contributed by atoms with Crippen LogP contribution < -0.4 is 10.1 Å². The van der Waals surface area contributed by atoms with Crippen molar-refractivity contribution in [3.63, 3.8) is 0 Å². The molecular weight excluding hydrogens is 302 g/mol. The van der Waals surface area contributed by atoms with E-state index in [0.717, 1.165) is 22.4 Å². The zero-order chi connectivity index (χ0) is 17.5. The highest BCUT2D eigenvalue weighted by atomic mass is 16.5. The summed E-state index contributed by atoms with van der Waals surface area (Å²) in [5, 5.41) is 23.0. The number of hydrogen-bond donors (Lipinski definition) is 3. The van der Waals surface area contributed by atoms with Gasteiger partial charge in [-0.25, -0.2) is 0 Å². The first-order valence-electron chi connectivity index (χ1n) is 8.37. The molecule has 2 aromatic rings. The van der Waals surface area contributed by atoms with Crippen molar-refractivity contribution in [2.24, 2.45) is 0 Å². The molecule has 0 saturated heterocycles. The van der Waals surface area contributed by atoms with Gasteiger partial charge in [0.1, 0.15) is 5.75 Å². The Balaban J connectivity index is 1.95. The minimum atomic E-state index is -0.607. The summed E-state index contributed by atoms with van der Waals surface area (Å²) < 4.78 is 5.67. The van der Waals surface area contributed by atoms with Gasteiger partial charge < -0.3 is 20.3 Å². The molecule has 0 amide bonds. The summed E-state index contributed by atoms with van der Waals surface area (Å²) in [6.45, 7) is 6.47. The topological polar surface area (TPSA) is 61.7 Å². The first-order chi connectivity index (χ1) is 11.5. The van der Waals surface area contributed by atoms with E-state index in [-0.39, 0.29) is 18.8 Å². The Morgan fingerprint density at radius 2 is 1.71 bits per heavy atom. The molecule has 3 N–H and O–H groups in total. The summed E-state index contributed by atoms with van der Waals surface area (Å²) in [4.78, 5) is 0. The van der Waals surface area contributed by atoms with Crippen LogP contribution in [-0.4, -0.2) is 22.9 Å². The second kappa shape index (κ2) is 8.83. The lowest BCUT2D eigenvalue weighted by Crippen LogP contribution is -2.24. The van der Waals surface area contributed by atoms with E-state index in [2.05, 4.69) is 5.32 Å². The molecule has 4 heteroatoms. The third kappa shape index (κ3) is 5.34. The van der Waals surface area contributed by atoms with Gasteiger partial charge in [-0.1, -0.05) is 36.4 Å². The van der Waals surface area contributed by atoms with Crippen LogP contribution in [0.5, 0.6) is 5.75 Å². The van der Waals surface area contributed by atoms with Gasteiger partial charge in [0.25, 0.3) is 0 Å². The fourth-order valence-electron chi connectivity index (χ4n) is 2.55. The maximum Gasteiger partial charge on any atom is 0.120 e. The Labute approximate surface area is 144 Å². The number of nitrogens with one attached hydrogen (secondary N) is 1. The van der Waals surface area contributed by atoms with Gasteiger partial charge in [0, 0.05) is 12.6 Å². The molecule has 2 unspecified atom stereocenters. The SMILES string of the molecule is CC(C)Oc1cccc(C(O)CNC(C)c2cccc(CO)c2)c1. The van der Waals surface area contributed by atoms with Crippen LogP contribution in [0.1, 0.15) is 49.6 Å². The van der Waals surface area contributed by atoms with Gasteiger partial charge >= 0.3 is 0 Å². The molecular formula is C20H27NO3. The standard InChI is InChI=1S/C20H27NO3/c1-14(2)24-19-9-5-8-18(11-19)20(23)12-21-15(3)17-7-4-6-16(10-17)13-22/h4-11,14-15,20-23H,12-13H2,1-3H3. The molecule has 0 heterocycles. The predicted molar refractivity (Wildman–Crippen MR) is 95.9 cm³/mol. The number of rotatable bonds is 8. The highest BCUT2D eigenvalue weighted by molar-refractivity contribution is 5.30. The molecule has 2 aromatic carbocycles. The summed E-state index contributed by atoms with van der Waals surface area (Å²) in [7, 11) is 0. The molecule has 0 radical (unpaired) electrons. The molecule has 2 atom stereocenters. The van der Waals surface area contributed by atoms with Crippen molar-refractivity contribution >= 4 is 0 Å². The van der Waals surface area contributed by atoms with E-state index in [9.17, 15) is 10.2 Å². The van der Waals surface area contributed by atoms with Crippen LogP contribution in [0.25, 0.3) is 0 Å². The van der Waals surface area contributed by atoms with Crippen LogP contribution in [0, 0.1) is 0 Å². The lowest BCUT2D eigenvalue weighted by Gasteiger charge is -2.19. The maximum atomic E-state index is 10.4. The molecule has 4 nitrogen and oxygen atoms in total. The number of benzene rings is 2. The van der Waals surface area contributed by atoms with Gasteiger partial charge in [-0.15, -0.1) is 0 Å². The number of aliphatic hydroxyl groups excluding tert-OH is 2. The molecule has 0 aliphatic carbocycles. The molecule has 0 spiro atoms. The summed E-state index contributed by atoms with van der Waals surface area (Å²) in [6, 6.07) is 15.5. The third-order valence-electron chi connectivity index (χ3n) is 3.87. The molecule has 2 rings (SSSR count). The number of hydrogen-bond acceptors (Lipinski definition) is 4. The van der Waals surface area contributed by atoms with E-state index in [1.807, 2.05) is 69.3 Å². The van der Waals surface area contributed by atoms with E-state index in [1.54, 1.807) is 0 Å². The second-order valence-corrected chi connectivity index (χ2v) is 6.29. The molecule has 0 saturated carbocycles. The van der Waals surface area contributed by atoms with Crippen molar-refractivity contribution < 1.29 is 14.9 Å². The van der Waals surface area contributed by atoms with Crippen LogP contribution in [0.15, 0.2) is 48.5 Å². The molecule has 0 aliphatic rings. The smallest absolute Gasteiger partial charge is 0.120 e. The molecule has 24 heavy (non-hydrogen) atoms. The fourth-order valence-corrected chi connectivity index (χ4v) is 2.55. The number of aliphatic hydroxyl groups is 2. The third-order valence-corrected chi connectivity index (χ3v) is 3.87. The summed E-state index contributed by atoms with van der Waals surface area (Å²) in [6.07, 6.45) is -0.501. The van der Waals surface area contributed by atoms with Crippen molar-refractivity contribution in [3.8, 4) is 5.75 Å². The monoisotopic (exact) mass is 329 g/mol. The molecule has 0 fully saturated rings. The molecule has 0 bridgehead atoms. The largest absolute Gasteiger partial charge is 0.491 e. The summed E-state index contributed by atoms with van der Waals surface area (Å²) in [5.41, 5.74) is 2.81. The quantitative estimate of drug-likeness (QED) is 0.695. The van der Waals surface area contributed by atoms with Gasteiger partial charge in [0.15, 0.2) is 0 Å². The summed E-state index contributed by atoms with van der Waals surface area (Å²) >= 11 is 0. The average Bonchev–Trinajstić information content (AvgIpc) is 2.59. The van der Waals surface area contributed by atoms with E-state index in [4.69, 9.17) is 4.74 Å². The second-order valence-electron chi connectivity index (χ2n) is 6.29. The van der Waals surface area contributed by atoms with Crippen LogP contribution in [0.4, 0.5) is 0 Å². The Hall–Kier alpha value is -1.88. The Morgan fingerprint density at radius 1 is 1.00 bits per heavy atom. The van der Waals surface area contributed by atoms with E-state index in [1.165, 1.54) is 0 Å². The van der Waals surface area contributed by atoms with Crippen molar-refractivity contribution in [1.29, 1.82) is 0 Å². The lowest BCUT2D eigenvalue weighted by atomic mass is 10.0. The highest BCUT2D eigenvalue weighted by Gasteiger charge is 2.12. The predicted octanol–water partition coefficient (Wildman–Crippen LogP) is 3.35. The Bertz CT molecular complexity index is 642.